The van der Waals surface area contributed by atoms with E-state index < -0.39 is 0 Å². The molecule has 18 heavy (non-hydrogen) atoms. The van der Waals surface area contributed by atoms with Crippen LogP contribution < -0.4 is 16.6 Å². The Hall–Kier alpha value is -1.85. The highest BCUT2D eigenvalue weighted by Crippen LogP contribution is 2.01. The van der Waals surface area contributed by atoms with Crippen LogP contribution in [0.25, 0.3) is 0 Å². The first-order chi connectivity index (χ1) is 8.49. The highest BCUT2D eigenvalue weighted by molar-refractivity contribution is 5.74. The van der Waals surface area contributed by atoms with Crippen LogP contribution in [-0.4, -0.2) is 22.5 Å². The van der Waals surface area contributed by atoms with Crippen LogP contribution in [0.2, 0.25) is 0 Å². The van der Waals surface area contributed by atoms with Gasteiger partial charge in [-0.15, -0.1) is 0 Å². The lowest BCUT2D eigenvalue weighted by Crippen LogP contribution is -2.31. The van der Waals surface area contributed by atoms with E-state index in [1.54, 1.807) is 6.20 Å². The van der Waals surface area contributed by atoms with Crippen molar-refractivity contribution in [3.8, 4) is 0 Å². The molecule has 5 N–H and O–H groups in total. The summed E-state index contributed by atoms with van der Waals surface area (Å²) in [6.45, 7) is 4.73. The Morgan fingerprint density at radius 2 is 2.33 bits per heavy atom. The van der Waals surface area contributed by atoms with Gasteiger partial charge in [0.2, 0.25) is 0 Å². The first kappa shape index (κ1) is 14.2. The van der Waals surface area contributed by atoms with Gasteiger partial charge in [-0.3, -0.25) is 15.2 Å². The number of aryl methyl sites for hydroxylation is 1. The van der Waals surface area contributed by atoms with Gasteiger partial charge in [0, 0.05) is 18.4 Å². The molecule has 0 bridgehead atoms. The number of nitrogens with zero attached hydrogens (tertiary/aromatic N) is 1. The Balaban J connectivity index is 2.51. The molecule has 1 aromatic heterocycles. The molecule has 0 radical (unpaired) electrons. The number of aromatic amines is 1. The van der Waals surface area contributed by atoms with E-state index in [0.29, 0.717) is 31.0 Å². The molecule has 6 nitrogen and oxygen atoms in total. The van der Waals surface area contributed by atoms with E-state index in [0.717, 1.165) is 12.1 Å². The largest absolute Gasteiger partial charge is 0.370 e. The van der Waals surface area contributed by atoms with Crippen LogP contribution in [0.5, 0.6) is 0 Å². The average Bonchev–Trinajstić information content (AvgIpc) is 2.27. The number of hydrogen-bond acceptors (Lipinski definition) is 3. The fraction of sp³-hybridized carbons (Fsp3) is 0.583. The van der Waals surface area contributed by atoms with Crippen molar-refractivity contribution in [3.05, 3.63) is 27.9 Å². The Morgan fingerprint density at radius 3 is 2.89 bits per heavy atom. The summed E-state index contributed by atoms with van der Waals surface area (Å²) in [5, 5.41) is 9.72. The molecule has 0 amide bonds. The normalized spacial score (nSPS) is 10.6. The zero-order valence-electron chi connectivity index (χ0n) is 10.9. The summed E-state index contributed by atoms with van der Waals surface area (Å²) in [5.74, 6) is 0.387. The van der Waals surface area contributed by atoms with E-state index in [1.165, 1.54) is 0 Å². The average molecular weight is 251 g/mol. The Morgan fingerprint density at radius 1 is 1.61 bits per heavy atom. The molecule has 1 aromatic rings. The van der Waals surface area contributed by atoms with Crippen LogP contribution in [-0.2, 0) is 12.8 Å². The second-order valence-electron chi connectivity index (χ2n) is 4.73. The van der Waals surface area contributed by atoms with Crippen LogP contribution in [0.15, 0.2) is 11.0 Å². The maximum Gasteiger partial charge on any atom is 0.269 e. The second kappa shape index (κ2) is 6.78. The van der Waals surface area contributed by atoms with Gasteiger partial charge < -0.3 is 16.0 Å². The van der Waals surface area contributed by atoms with Crippen molar-refractivity contribution >= 4 is 5.96 Å². The maximum absolute atomic E-state index is 11.7. The Kier molecular flexibility index (Phi) is 5.35. The summed E-state index contributed by atoms with van der Waals surface area (Å²) in [5.41, 5.74) is 6.48. The monoisotopic (exact) mass is 251 g/mol. The maximum atomic E-state index is 11.7. The fourth-order valence-corrected chi connectivity index (χ4v) is 1.63. The third-order valence-electron chi connectivity index (χ3n) is 2.45. The predicted octanol–water partition coefficient (Wildman–Crippen LogP) is 0.384. The summed E-state index contributed by atoms with van der Waals surface area (Å²) in [6, 6.07) is 0. The van der Waals surface area contributed by atoms with Gasteiger partial charge in [0.1, 0.15) is 5.69 Å². The molecule has 0 aliphatic heterocycles. The van der Waals surface area contributed by atoms with Crippen LogP contribution in [0.3, 0.4) is 0 Å². The molecule has 0 aromatic carbocycles. The van der Waals surface area contributed by atoms with Crippen LogP contribution >= 0.6 is 0 Å². The minimum absolute atomic E-state index is 0.0334. The summed E-state index contributed by atoms with van der Waals surface area (Å²) < 4.78 is 0. The first-order valence-corrected chi connectivity index (χ1v) is 6.14. The molecule has 0 aliphatic rings. The lowest BCUT2D eigenvalue weighted by Gasteiger charge is -2.06. The van der Waals surface area contributed by atoms with Gasteiger partial charge in [-0.25, -0.2) is 0 Å². The molecule has 0 aliphatic carbocycles. The van der Waals surface area contributed by atoms with E-state index in [-0.39, 0.29) is 11.5 Å². The van der Waals surface area contributed by atoms with Crippen molar-refractivity contribution in [2.24, 2.45) is 11.7 Å². The van der Waals surface area contributed by atoms with E-state index in [1.807, 2.05) is 0 Å². The van der Waals surface area contributed by atoms with Crippen molar-refractivity contribution in [2.45, 2.75) is 33.1 Å². The van der Waals surface area contributed by atoms with Crippen molar-refractivity contribution in [2.75, 3.05) is 6.54 Å². The highest BCUT2D eigenvalue weighted by atomic mass is 16.1. The van der Waals surface area contributed by atoms with Crippen molar-refractivity contribution in [1.29, 1.82) is 5.41 Å². The van der Waals surface area contributed by atoms with Crippen LogP contribution in [0, 0.1) is 11.3 Å². The van der Waals surface area contributed by atoms with E-state index in [2.05, 4.69) is 29.1 Å². The zero-order valence-corrected chi connectivity index (χ0v) is 10.9. The summed E-state index contributed by atoms with van der Waals surface area (Å²) in [6.07, 6.45) is 3.92. The molecule has 100 valence electrons. The molecule has 0 unspecified atom stereocenters. The molecule has 0 spiro atoms. The Labute approximate surface area is 107 Å². The number of H-pyrrole nitrogens is 1. The SMILES string of the molecule is CC(C)Cc1ncc(CCCNC(=N)N)[nH]c1=O. The smallest absolute Gasteiger partial charge is 0.269 e. The highest BCUT2D eigenvalue weighted by Gasteiger charge is 2.05. The van der Waals surface area contributed by atoms with Gasteiger partial charge in [0.05, 0.1) is 0 Å². The molecular weight excluding hydrogens is 230 g/mol. The molecule has 0 saturated carbocycles. The second-order valence-corrected chi connectivity index (χ2v) is 4.73. The predicted molar refractivity (Wildman–Crippen MR) is 71.6 cm³/mol. The van der Waals surface area contributed by atoms with Crippen LogP contribution in [0.1, 0.15) is 31.7 Å². The molecule has 1 heterocycles. The van der Waals surface area contributed by atoms with E-state index in [9.17, 15) is 4.79 Å². The minimum atomic E-state index is -0.0965. The van der Waals surface area contributed by atoms with Gasteiger partial charge in [0.15, 0.2) is 5.96 Å². The Bertz CT molecular complexity index is 452. The number of hydrogen-bond donors (Lipinski definition) is 4. The number of guanidine groups is 1. The van der Waals surface area contributed by atoms with Crippen molar-refractivity contribution < 1.29 is 0 Å². The molecular formula is C12H21N5O. The third-order valence-corrected chi connectivity index (χ3v) is 2.45. The van der Waals surface area contributed by atoms with Crippen molar-refractivity contribution in [3.63, 3.8) is 0 Å². The number of nitrogens with two attached hydrogens (primary N) is 1. The van der Waals surface area contributed by atoms with Gasteiger partial charge >= 0.3 is 0 Å². The number of nitrogens with one attached hydrogen (secondary N) is 3. The van der Waals surface area contributed by atoms with Gasteiger partial charge in [-0.2, -0.15) is 0 Å². The molecule has 0 fully saturated rings. The fourth-order valence-electron chi connectivity index (χ4n) is 1.63. The summed E-state index contributed by atoms with van der Waals surface area (Å²) in [4.78, 5) is 18.8. The lowest BCUT2D eigenvalue weighted by atomic mass is 10.1. The topological polar surface area (TPSA) is 108 Å². The van der Waals surface area contributed by atoms with Gasteiger partial charge in [-0.05, 0) is 25.2 Å². The molecule has 1 rings (SSSR count). The molecule has 0 atom stereocenters. The minimum Gasteiger partial charge on any atom is -0.370 e. The molecule has 0 saturated heterocycles. The summed E-state index contributed by atoms with van der Waals surface area (Å²) in [7, 11) is 0. The first-order valence-electron chi connectivity index (χ1n) is 6.14. The summed E-state index contributed by atoms with van der Waals surface area (Å²) >= 11 is 0. The number of aromatic nitrogens is 2. The zero-order chi connectivity index (χ0) is 13.5. The molecule has 6 heteroatoms. The van der Waals surface area contributed by atoms with Gasteiger partial charge in [0.25, 0.3) is 5.56 Å². The van der Waals surface area contributed by atoms with Crippen LogP contribution in [0.4, 0.5) is 0 Å². The standard InChI is InChI=1S/C12H21N5O/c1-8(2)6-10-11(18)17-9(7-16-10)4-3-5-15-12(13)14/h7-8H,3-6H2,1-2H3,(H,17,18)(H4,13,14,15). The van der Waals surface area contributed by atoms with Crippen molar-refractivity contribution in [1.82, 2.24) is 15.3 Å². The van der Waals surface area contributed by atoms with E-state index >= 15 is 0 Å². The lowest BCUT2D eigenvalue weighted by molar-refractivity contribution is 0.626. The third kappa shape index (κ3) is 4.99. The quantitative estimate of drug-likeness (QED) is 0.333. The number of rotatable bonds is 6. The van der Waals surface area contributed by atoms with Gasteiger partial charge in [-0.1, -0.05) is 13.8 Å². The van der Waals surface area contributed by atoms with E-state index in [4.69, 9.17) is 11.1 Å².